The number of aryl methyl sites for hydroxylation is 2. The van der Waals surface area contributed by atoms with E-state index in [1.807, 2.05) is 4.68 Å². The van der Waals surface area contributed by atoms with E-state index in [0.29, 0.717) is 0 Å². The summed E-state index contributed by atoms with van der Waals surface area (Å²) in [6.07, 6.45) is 6.12. The molecule has 3 nitrogen and oxygen atoms in total. The minimum absolute atomic E-state index is 0.163. The molecule has 20 heavy (non-hydrogen) atoms. The molecule has 0 fully saturated rings. The molecule has 1 heterocycles. The monoisotopic (exact) mass is 295 g/mol. The third-order valence-corrected chi connectivity index (χ3v) is 4.47. The van der Waals surface area contributed by atoms with Gasteiger partial charge in [-0.05, 0) is 31.6 Å². The number of nitrogens with zero attached hydrogens (tertiary/aromatic N) is 2. The molecule has 2 rings (SSSR count). The van der Waals surface area contributed by atoms with Crippen molar-refractivity contribution in [1.82, 2.24) is 9.78 Å². The molecular weight excluding hydrogens is 270 g/mol. The predicted octanol–water partition coefficient (Wildman–Crippen LogP) is 3.74. The summed E-state index contributed by atoms with van der Waals surface area (Å²) in [5.41, 5.74) is 9.98. The predicted molar refractivity (Wildman–Crippen MR) is 85.1 cm³/mol. The van der Waals surface area contributed by atoms with Gasteiger partial charge in [-0.25, -0.2) is 0 Å². The molecule has 0 aromatic carbocycles. The topological polar surface area (TPSA) is 43.8 Å². The van der Waals surface area contributed by atoms with E-state index in [9.17, 15) is 0 Å². The lowest BCUT2D eigenvalue weighted by Gasteiger charge is -2.33. The Morgan fingerprint density at radius 2 is 2.15 bits per heavy atom. The molecule has 4 heteroatoms. The number of hydrogen-bond acceptors (Lipinski definition) is 2. The first kappa shape index (κ1) is 15.6. The maximum Gasteiger partial charge on any atom is 0.0853 e. The summed E-state index contributed by atoms with van der Waals surface area (Å²) in [6.45, 7) is 9.64. The zero-order chi connectivity index (χ0) is 14.9. The Bertz CT molecular complexity index is 514. The molecule has 0 aliphatic heterocycles. The van der Waals surface area contributed by atoms with Gasteiger partial charge in [-0.1, -0.05) is 44.0 Å². The summed E-state index contributed by atoms with van der Waals surface area (Å²) in [5, 5.41) is 5.43. The van der Waals surface area contributed by atoms with Crippen LogP contribution in [0, 0.1) is 5.41 Å². The molecule has 1 aromatic heterocycles. The van der Waals surface area contributed by atoms with E-state index in [1.54, 1.807) is 0 Å². The van der Waals surface area contributed by atoms with Crippen molar-refractivity contribution in [2.45, 2.75) is 66.0 Å². The van der Waals surface area contributed by atoms with Crippen LogP contribution in [-0.4, -0.2) is 15.8 Å². The van der Waals surface area contributed by atoms with Gasteiger partial charge in [-0.15, -0.1) is 0 Å². The quantitative estimate of drug-likeness (QED) is 0.860. The molecular formula is C16H26ClN3. The largest absolute Gasteiger partial charge is 0.324 e. The third-order valence-electron chi connectivity index (χ3n) is 4.03. The minimum Gasteiger partial charge on any atom is -0.324 e. The molecule has 0 saturated heterocycles. The van der Waals surface area contributed by atoms with Crippen molar-refractivity contribution >= 4 is 11.6 Å². The molecule has 1 aliphatic carbocycles. The van der Waals surface area contributed by atoms with Crippen molar-refractivity contribution < 1.29 is 0 Å². The standard InChI is InChI=1S/C16H26ClN3/c1-5-13-15(17)14(20(6-2)19-13)8-11-7-12(18)10-16(3,4)9-11/h7,12H,5-6,8-10,18H2,1-4H3. The fourth-order valence-corrected chi connectivity index (χ4v) is 3.60. The Hall–Kier alpha value is -0.800. The highest BCUT2D eigenvalue weighted by Gasteiger charge is 2.28. The Labute approximate surface area is 127 Å². The van der Waals surface area contributed by atoms with Crippen molar-refractivity contribution in [2.75, 3.05) is 0 Å². The van der Waals surface area contributed by atoms with Crippen LogP contribution in [0.15, 0.2) is 11.6 Å². The summed E-state index contributed by atoms with van der Waals surface area (Å²) >= 11 is 6.49. The van der Waals surface area contributed by atoms with Crippen molar-refractivity contribution in [3.05, 3.63) is 28.1 Å². The van der Waals surface area contributed by atoms with Gasteiger partial charge in [-0.3, -0.25) is 4.68 Å². The molecule has 2 N–H and O–H groups in total. The van der Waals surface area contributed by atoms with Crippen LogP contribution >= 0.6 is 11.6 Å². The summed E-state index contributed by atoms with van der Waals surface area (Å²) in [5.74, 6) is 0. The number of aromatic nitrogens is 2. The first-order valence-corrected chi connectivity index (χ1v) is 7.93. The second-order valence-corrected chi connectivity index (χ2v) is 6.97. The summed E-state index contributed by atoms with van der Waals surface area (Å²) in [4.78, 5) is 0. The van der Waals surface area contributed by atoms with Gasteiger partial charge in [0.05, 0.1) is 16.4 Å². The zero-order valence-corrected chi connectivity index (χ0v) is 13.8. The molecule has 1 aromatic rings. The minimum atomic E-state index is 0.163. The average molecular weight is 296 g/mol. The SMILES string of the molecule is CCc1nn(CC)c(CC2=CC(N)CC(C)(C)C2)c1Cl. The maximum atomic E-state index is 6.49. The fourth-order valence-electron chi connectivity index (χ4n) is 3.27. The summed E-state index contributed by atoms with van der Waals surface area (Å²) in [6, 6.07) is 0.163. The molecule has 0 amide bonds. The van der Waals surface area contributed by atoms with E-state index in [2.05, 4.69) is 38.9 Å². The van der Waals surface area contributed by atoms with E-state index >= 15 is 0 Å². The van der Waals surface area contributed by atoms with Crippen LogP contribution in [0.2, 0.25) is 5.02 Å². The van der Waals surface area contributed by atoms with Gasteiger partial charge >= 0.3 is 0 Å². The van der Waals surface area contributed by atoms with Crippen LogP contribution in [0.3, 0.4) is 0 Å². The van der Waals surface area contributed by atoms with Gasteiger partial charge in [0.15, 0.2) is 0 Å². The van der Waals surface area contributed by atoms with Crippen LogP contribution in [0.5, 0.6) is 0 Å². The smallest absolute Gasteiger partial charge is 0.0853 e. The average Bonchev–Trinajstić information content (AvgIpc) is 2.63. The Morgan fingerprint density at radius 1 is 1.45 bits per heavy atom. The van der Waals surface area contributed by atoms with E-state index < -0.39 is 0 Å². The van der Waals surface area contributed by atoms with Gasteiger partial charge in [0, 0.05) is 19.0 Å². The van der Waals surface area contributed by atoms with Crippen LogP contribution in [0.25, 0.3) is 0 Å². The van der Waals surface area contributed by atoms with Crippen LogP contribution in [0.4, 0.5) is 0 Å². The molecule has 0 spiro atoms. The second kappa shape index (κ2) is 5.90. The first-order valence-electron chi connectivity index (χ1n) is 7.55. The van der Waals surface area contributed by atoms with E-state index in [-0.39, 0.29) is 11.5 Å². The lowest BCUT2D eigenvalue weighted by molar-refractivity contribution is 0.299. The number of rotatable bonds is 4. The number of nitrogens with two attached hydrogens (primary N) is 1. The van der Waals surface area contributed by atoms with E-state index in [0.717, 1.165) is 48.6 Å². The van der Waals surface area contributed by atoms with Crippen LogP contribution in [-0.2, 0) is 19.4 Å². The van der Waals surface area contributed by atoms with Crippen molar-refractivity contribution in [1.29, 1.82) is 0 Å². The van der Waals surface area contributed by atoms with Crippen LogP contribution < -0.4 is 5.73 Å². The van der Waals surface area contributed by atoms with Crippen molar-refractivity contribution in [2.24, 2.45) is 11.1 Å². The highest BCUT2D eigenvalue weighted by atomic mass is 35.5. The summed E-state index contributed by atoms with van der Waals surface area (Å²) < 4.78 is 2.04. The molecule has 112 valence electrons. The van der Waals surface area contributed by atoms with E-state index in [1.165, 1.54) is 5.57 Å². The fraction of sp³-hybridized carbons (Fsp3) is 0.688. The lowest BCUT2D eigenvalue weighted by Crippen LogP contribution is -2.31. The van der Waals surface area contributed by atoms with E-state index in [4.69, 9.17) is 17.3 Å². The molecule has 1 unspecified atom stereocenters. The zero-order valence-electron chi connectivity index (χ0n) is 13.0. The Balaban J connectivity index is 2.28. The molecule has 0 bridgehead atoms. The highest BCUT2D eigenvalue weighted by molar-refractivity contribution is 6.31. The number of hydrogen-bond donors (Lipinski definition) is 1. The molecule has 0 saturated carbocycles. The van der Waals surface area contributed by atoms with Crippen molar-refractivity contribution in [3.63, 3.8) is 0 Å². The second-order valence-electron chi connectivity index (χ2n) is 6.59. The van der Waals surface area contributed by atoms with Gasteiger partial charge in [0.2, 0.25) is 0 Å². The van der Waals surface area contributed by atoms with Gasteiger partial charge < -0.3 is 5.73 Å². The molecule has 1 aliphatic rings. The maximum absolute atomic E-state index is 6.49. The molecule has 1 atom stereocenters. The lowest BCUT2D eigenvalue weighted by atomic mass is 9.74. The Kier molecular flexibility index (Phi) is 4.60. The van der Waals surface area contributed by atoms with Gasteiger partial charge in [0.25, 0.3) is 0 Å². The highest BCUT2D eigenvalue weighted by Crippen LogP contribution is 2.37. The normalized spacial score (nSPS) is 21.9. The van der Waals surface area contributed by atoms with Crippen molar-refractivity contribution in [3.8, 4) is 0 Å². The molecule has 0 radical (unpaired) electrons. The van der Waals surface area contributed by atoms with Crippen LogP contribution in [0.1, 0.15) is 51.9 Å². The number of allylic oxidation sites excluding steroid dienone is 1. The first-order chi connectivity index (χ1) is 9.36. The Morgan fingerprint density at radius 3 is 2.70 bits per heavy atom. The van der Waals surface area contributed by atoms with Gasteiger partial charge in [-0.2, -0.15) is 5.10 Å². The van der Waals surface area contributed by atoms with Gasteiger partial charge in [0.1, 0.15) is 0 Å². The third kappa shape index (κ3) is 3.26. The number of halogens is 1. The summed E-state index contributed by atoms with van der Waals surface area (Å²) in [7, 11) is 0.